The van der Waals surface area contributed by atoms with E-state index in [9.17, 15) is 9.35 Å². The van der Waals surface area contributed by atoms with Crippen molar-refractivity contribution in [2.24, 2.45) is 0 Å². The van der Waals surface area contributed by atoms with Gasteiger partial charge in [-0.2, -0.15) is 0 Å². The lowest BCUT2D eigenvalue weighted by atomic mass is 10.4. The summed E-state index contributed by atoms with van der Waals surface area (Å²) in [5, 5.41) is 2.63. The molecule has 0 aromatic carbocycles. The third-order valence-electron chi connectivity index (χ3n) is 0.991. The van der Waals surface area contributed by atoms with Crippen LogP contribution in [0.5, 0.6) is 0 Å². The van der Waals surface area contributed by atoms with Gasteiger partial charge in [0.15, 0.2) is 0 Å². The number of rotatable bonds is 4. The fourth-order valence-electron chi connectivity index (χ4n) is 0.522. The third kappa shape index (κ3) is 5.91. The van der Waals surface area contributed by atoms with Crippen molar-refractivity contribution in [1.29, 1.82) is 0 Å². The van der Waals surface area contributed by atoms with Crippen LogP contribution in [0, 0.1) is 0 Å². The summed E-state index contributed by atoms with van der Waals surface area (Å²) in [6.07, 6.45) is 1.97. The van der Waals surface area contributed by atoms with E-state index in [1.807, 2.05) is 6.92 Å². The molecule has 0 heterocycles. The molecule has 0 saturated heterocycles. The Balaban J connectivity index is 3.22. The minimum Gasteiger partial charge on any atom is -0.617 e. The van der Waals surface area contributed by atoms with Gasteiger partial charge in [-0.05, 0) is 6.92 Å². The molecule has 0 radical (unpaired) electrons. The average Bonchev–Trinajstić information content (AvgIpc) is 1.85. The molecule has 0 aliphatic carbocycles. The zero-order valence-electron chi connectivity index (χ0n) is 6.35. The van der Waals surface area contributed by atoms with Gasteiger partial charge in [-0.1, -0.05) is 11.2 Å². The molecule has 0 bridgehead atoms. The fourth-order valence-corrected chi connectivity index (χ4v) is 0.995. The van der Waals surface area contributed by atoms with Gasteiger partial charge in [0.05, 0.1) is 12.7 Å². The molecule has 60 valence electrons. The van der Waals surface area contributed by atoms with Crippen molar-refractivity contribution in [2.45, 2.75) is 13.3 Å². The van der Waals surface area contributed by atoms with E-state index in [4.69, 9.17) is 0 Å². The van der Waals surface area contributed by atoms with Crippen LogP contribution in [0.3, 0.4) is 0 Å². The molecular formula is C6H13NO2S. The van der Waals surface area contributed by atoms with E-state index >= 15 is 0 Å². The number of nitrogens with one attached hydrogen (secondary N) is 1. The van der Waals surface area contributed by atoms with Crippen molar-refractivity contribution in [3.8, 4) is 0 Å². The van der Waals surface area contributed by atoms with Gasteiger partial charge in [-0.15, -0.1) is 0 Å². The molecule has 0 aromatic rings. The second-order valence-electron chi connectivity index (χ2n) is 1.98. The molecule has 4 heteroatoms. The Labute approximate surface area is 64.4 Å². The minimum atomic E-state index is -0.851. The molecule has 1 amide bonds. The number of amides is 1. The lowest BCUT2D eigenvalue weighted by Gasteiger charge is -2.03. The first-order valence-corrected chi connectivity index (χ1v) is 4.96. The highest BCUT2D eigenvalue weighted by molar-refractivity contribution is 7.90. The first kappa shape index (κ1) is 9.78. The van der Waals surface area contributed by atoms with Gasteiger partial charge < -0.3 is 9.87 Å². The Hall–Kier alpha value is -0.220. The summed E-state index contributed by atoms with van der Waals surface area (Å²) < 4.78 is 10.5. The van der Waals surface area contributed by atoms with Crippen molar-refractivity contribution in [1.82, 2.24) is 5.32 Å². The maximum Gasteiger partial charge on any atom is 0.224 e. The smallest absolute Gasteiger partial charge is 0.224 e. The summed E-state index contributed by atoms with van der Waals surface area (Å²) in [6.45, 7) is 2.51. The lowest BCUT2D eigenvalue weighted by molar-refractivity contribution is -0.120. The third-order valence-corrected chi connectivity index (χ3v) is 1.77. The van der Waals surface area contributed by atoms with E-state index in [2.05, 4.69) is 5.32 Å². The molecule has 0 spiro atoms. The van der Waals surface area contributed by atoms with Gasteiger partial charge in [0.25, 0.3) is 0 Å². The topological polar surface area (TPSA) is 52.2 Å². The largest absolute Gasteiger partial charge is 0.617 e. The van der Waals surface area contributed by atoms with E-state index in [1.54, 1.807) is 6.26 Å². The van der Waals surface area contributed by atoms with Crippen LogP contribution in [0.15, 0.2) is 0 Å². The Morgan fingerprint density at radius 2 is 2.30 bits per heavy atom. The monoisotopic (exact) mass is 163 g/mol. The van der Waals surface area contributed by atoms with Crippen LogP contribution in [0.2, 0.25) is 0 Å². The Morgan fingerprint density at radius 1 is 1.70 bits per heavy atom. The van der Waals surface area contributed by atoms with Gasteiger partial charge in [0.2, 0.25) is 5.91 Å². The average molecular weight is 163 g/mol. The standard InChI is InChI=1S/C6H13NO2S/c1-3-7-6(8)4-5-10(2)9/h3-5H2,1-2H3,(H,7,8). The predicted octanol–water partition coefficient (Wildman–Crippen LogP) is -0.109. The van der Waals surface area contributed by atoms with Gasteiger partial charge in [0.1, 0.15) is 5.75 Å². The molecular weight excluding hydrogens is 150 g/mol. The molecule has 10 heavy (non-hydrogen) atoms. The maximum atomic E-state index is 10.7. The summed E-state index contributed by atoms with van der Waals surface area (Å²) in [6, 6.07) is 0. The quantitative estimate of drug-likeness (QED) is 0.588. The Kier molecular flexibility index (Phi) is 5.43. The Bertz CT molecular complexity index is 106. The number of hydrogen-bond acceptors (Lipinski definition) is 2. The summed E-state index contributed by atoms with van der Waals surface area (Å²) >= 11 is -0.851. The minimum absolute atomic E-state index is 0.0160. The molecule has 0 fully saturated rings. The van der Waals surface area contributed by atoms with Crippen LogP contribution in [0.4, 0.5) is 0 Å². The zero-order chi connectivity index (χ0) is 7.98. The first-order valence-electron chi connectivity index (χ1n) is 3.23. The van der Waals surface area contributed by atoms with Gasteiger partial charge in [0, 0.05) is 6.54 Å². The van der Waals surface area contributed by atoms with Crippen LogP contribution < -0.4 is 5.32 Å². The summed E-state index contributed by atoms with van der Waals surface area (Å²) in [5.74, 6) is 0.448. The van der Waals surface area contributed by atoms with E-state index in [0.717, 1.165) is 0 Å². The highest BCUT2D eigenvalue weighted by atomic mass is 32.2. The SMILES string of the molecule is CCNC(=O)CC[S+](C)[O-]. The predicted molar refractivity (Wildman–Crippen MR) is 42.2 cm³/mol. The van der Waals surface area contributed by atoms with E-state index in [-0.39, 0.29) is 5.91 Å². The lowest BCUT2D eigenvalue weighted by Crippen LogP contribution is -2.24. The number of carbonyl (C=O) groups is 1. The first-order chi connectivity index (χ1) is 4.66. The molecule has 0 aliphatic heterocycles. The van der Waals surface area contributed by atoms with Crippen molar-refractivity contribution in [3.63, 3.8) is 0 Å². The van der Waals surface area contributed by atoms with Gasteiger partial charge >= 0.3 is 0 Å². The van der Waals surface area contributed by atoms with Crippen LogP contribution >= 0.6 is 0 Å². The van der Waals surface area contributed by atoms with Gasteiger partial charge in [-0.3, -0.25) is 4.79 Å². The highest BCUT2D eigenvalue weighted by Gasteiger charge is 2.03. The molecule has 0 saturated carbocycles. The summed E-state index contributed by atoms with van der Waals surface area (Å²) in [7, 11) is 0. The second-order valence-corrected chi connectivity index (χ2v) is 3.54. The van der Waals surface area contributed by atoms with Crippen molar-refractivity contribution >= 4 is 17.1 Å². The summed E-state index contributed by atoms with van der Waals surface area (Å²) in [5.41, 5.74) is 0. The normalized spacial score (nSPS) is 12.7. The number of carbonyl (C=O) groups excluding carboxylic acids is 1. The molecule has 1 unspecified atom stereocenters. The van der Waals surface area contributed by atoms with Crippen LogP contribution in [-0.2, 0) is 16.0 Å². The molecule has 1 atom stereocenters. The second kappa shape index (κ2) is 5.56. The van der Waals surface area contributed by atoms with E-state index in [1.165, 1.54) is 0 Å². The van der Waals surface area contributed by atoms with E-state index < -0.39 is 11.2 Å². The molecule has 0 aliphatic rings. The highest BCUT2D eigenvalue weighted by Crippen LogP contribution is 1.87. The molecule has 0 aromatic heterocycles. The van der Waals surface area contributed by atoms with Crippen molar-refractivity contribution in [2.75, 3.05) is 18.6 Å². The van der Waals surface area contributed by atoms with Crippen molar-refractivity contribution in [3.05, 3.63) is 0 Å². The molecule has 0 rings (SSSR count). The zero-order valence-corrected chi connectivity index (χ0v) is 7.16. The molecule has 1 N–H and O–H groups in total. The maximum absolute atomic E-state index is 10.7. The van der Waals surface area contributed by atoms with Crippen molar-refractivity contribution < 1.29 is 9.35 Å². The number of hydrogen-bond donors (Lipinski definition) is 1. The van der Waals surface area contributed by atoms with Gasteiger partial charge in [-0.25, -0.2) is 0 Å². The van der Waals surface area contributed by atoms with Crippen LogP contribution in [-0.4, -0.2) is 29.0 Å². The summed E-state index contributed by atoms with van der Waals surface area (Å²) in [4.78, 5) is 10.7. The Morgan fingerprint density at radius 3 is 2.70 bits per heavy atom. The van der Waals surface area contributed by atoms with Crippen LogP contribution in [0.1, 0.15) is 13.3 Å². The van der Waals surface area contributed by atoms with E-state index in [0.29, 0.717) is 18.7 Å². The molecule has 3 nitrogen and oxygen atoms in total. The van der Waals surface area contributed by atoms with Crippen LogP contribution in [0.25, 0.3) is 0 Å². The fraction of sp³-hybridized carbons (Fsp3) is 0.833.